The molecule has 2 rings (SSSR count). The quantitative estimate of drug-likeness (QED) is 0.665. The lowest BCUT2D eigenvalue weighted by atomic mass is 10.1. The van der Waals surface area contributed by atoms with Crippen molar-refractivity contribution in [3.8, 4) is 11.4 Å². The molecule has 1 amide bonds. The summed E-state index contributed by atoms with van der Waals surface area (Å²) in [6.45, 7) is 7.13. The molecule has 1 aromatic heterocycles. The van der Waals surface area contributed by atoms with E-state index in [0.29, 0.717) is 0 Å². The van der Waals surface area contributed by atoms with Crippen LogP contribution in [0.5, 0.6) is 0 Å². The van der Waals surface area contributed by atoms with Crippen molar-refractivity contribution < 1.29 is 30.9 Å². The van der Waals surface area contributed by atoms with Crippen LogP contribution in [0.3, 0.4) is 0 Å². The zero-order chi connectivity index (χ0) is 22.0. The number of alkyl halides is 3. The Morgan fingerprint density at radius 2 is 1.79 bits per heavy atom. The van der Waals surface area contributed by atoms with Crippen molar-refractivity contribution in [1.29, 1.82) is 0 Å². The first-order valence-electron chi connectivity index (χ1n) is 8.82. The van der Waals surface area contributed by atoms with Crippen LogP contribution in [-0.2, 0) is 26.6 Å². The first-order valence-corrected chi connectivity index (χ1v) is 10.6. The third-order valence-corrected chi connectivity index (χ3v) is 5.38. The average molecular weight is 433 g/mol. The smallest absolute Gasteiger partial charge is 0.338 e. The molecule has 0 atom stereocenters. The lowest BCUT2D eigenvalue weighted by molar-refractivity contribution is -0.137. The van der Waals surface area contributed by atoms with Crippen LogP contribution in [0.2, 0.25) is 0 Å². The maximum Gasteiger partial charge on any atom is 0.416 e. The highest BCUT2D eigenvalue weighted by Gasteiger charge is 2.31. The van der Waals surface area contributed by atoms with Crippen LogP contribution in [0.1, 0.15) is 39.1 Å². The number of aromatic nitrogens is 2. The van der Waals surface area contributed by atoms with Crippen molar-refractivity contribution >= 4 is 15.7 Å². The van der Waals surface area contributed by atoms with Gasteiger partial charge in [0.25, 0.3) is 0 Å². The number of hydrogen-bond donors (Lipinski definition) is 0. The molecule has 0 unspecified atom stereocenters. The van der Waals surface area contributed by atoms with E-state index in [2.05, 4.69) is 10.1 Å². The highest BCUT2D eigenvalue weighted by Crippen LogP contribution is 2.31. The molecule has 1 aromatic carbocycles. The lowest BCUT2D eigenvalue weighted by Crippen LogP contribution is -2.45. The van der Waals surface area contributed by atoms with Gasteiger partial charge in [-0.3, -0.25) is 4.79 Å². The summed E-state index contributed by atoms with van der Waals surface area (Å²) < 4.78 is 68.1. The average Bonchev–Trinajstić information content (AvgIpc) is 3.00. The SMILES string of the molecule is CC(C)N(C(=O)CS(=O)(=O)Cc1nc(-c2cccc(C(F)(F)F)c2)no1)C(C)C. The number of rotatable bonds is 7. The topological polar surface area (TPSA) is 93.4 Å². The van der Waals surface area contributed by atoms with Crippen molar-refractivity contribution in [1.82, 2.24) is 15.0 Å². The van der Waals surface area contributed by atoms with E-state index in [9.17, 15) is 26.4 Å². The van der Waals surface area contributed by atoms with Crippen molar-refractivity contribution in [2.24, 2.45) is 0 Å². The second kappa shape index (κ2) is 8.52. The van der Waals surface area contributed by atoms with Crippen molar-refractivity contribution in [2.75, 3.05) is 5.75 Å². The fourth-order valence-electron chi connectivity index (χ4n) is 2.94. The van der Waals surface area contributed by atoms with Gasteiger partial charge in [0.05, 0.1) is 5.56 Å². The van der Waals surface area contributed by atoms with Gasteiger partial charge >= 0.3 is 6.18 Å². The summed E-state index contributed by atoms with van der Waals surface area (Å²) in [5.41, 5.74) is -0.851. The molecular formula is C18H22F3N3O4S. The van der Waals surface area contributed by atoms with Crippen LogP contribution in [0, 0.1) is 0 Å². The Bertz CT molecular complexity index is 961. The largest absolute Gasteiger partial charge is 0.416 e. The molecule has 0 aliphatic carbocycles. The van der Waals surface area contributed by atoms with E-state index in [1.54, 1.807) is 27.7 Å². The maximum absolute atomic E-state index is 12.8. The number of amides is 1. The number of sulfone groups is 1. The molecule has 2 aromatic rings. The Morgan fingerprint density at radius 1 is 1.17 bits per heavy atom. The molecule has 0 bridgehead atoms. The predicted octanol–water partition coefficient (Wildman–Crippen LogP) is 3.32. The molecule has 0 fully saturated rings. The Hall–Kier alpha value is -2.43. The number of carbonyl (C=O) groups is 1. The van der Waals surface area contributed by atoms with E-state index in [-0.39, 0.29) is 29.4 Å². The van der Waals surface area contributed by atoms with Crippen molar-refractivity contribution in [3.63, 3.8) is 0 Å². The molecule has 0 saturated heterocycles. The van der Waals surface area contributed by atoms with E-state index in [1.807, 2.05) is 0 Å². The van der Waals surface area contributed by atoms with Gasteiger partial charge in [0.2, 0.25) is 17.6 Å². The number of carbonyl (C=O) groups excluding carboxylic acids is 1. The van der Waals surface area contributed by atoms with Crippen LogP contribution in [-0.4, -0.2) is 47.2 Å². The third kappa shape index (κ3) is 6.02. The van der Waals surface area contributed by atoms with Gasteiger partial charge in [-0.25, -0.2) is 8.42 Å². The van der Waals surface area contributed by atoms with Crippen LogP contribution in [0.15, 0.2) is 28.8 Å². The monoisotopic (exact) mass is 433 g/mol. The molecule has 11 heteroatoms. The second-order valence-corrected chi connectivity index (χ2v) is 9.18. The van der Waals surface area contributed by atoms with E-state index in [4.69, 9.17) is 4.52 Å². The molecule has 160 valence electrons. The van der Waals surface area contributed by atoms with Crippen molar-refractivity contribution in [2.45, 2.75) is 51.7 Å². The minimum Gasteiger partial charge on any atom is -0.338 e. The molecule has 7 nitrogen and oxygen atoms in total. The summed E-state index contributed by atoms with van der Waals surface area (Å²) in [5.74, 6) is -2.43. The van der Waals surface area contributed by atoms with Gasteiger partial charge in [-0.05, 0) is 39.8 Å². The Labute approximate surface area is 166 Å². The molecule has 0 N–H and O–H groups in total. The normalized spacial score (nSPS) is 12.6. The molecule has 0 radical (unpaired) electrons. The van der Waals surface area contributed by atoms with Crippen LogP contribution in [0.4, 0.5) is 13.2 Å². The zero-order valence-electron chi connectivity index (χ0n) is 16.4. The van der Waals surface area contributed by atoms with Crippen LogP contribution < -0.4 is 0 Å². The van der Waals surface area contributed by atoms with E-state index < -0.39 is 39.0 Å². The Morgan fingerprint density at radius 3 is 2.34 bits per heavy atom. The van der Waals surface area contributed by atoms with E-state index >= 15 is 0 Å². The van der Waals surface area contributed by atoms with Crippen LogP contribution in [0.25, 0.3) is 11.4 Å². The summed E-state index contributed by atoms with van der Waals surface area (Å²) >= 11 is 0. The van der Waals surface area contributed by atoms with Gasteiger partial charge in [0, 0.05) is 17.6 Å². The number of nitrogens with zero attached hydrogens (tertiary/aromatic N) is 3. The second-order valence-electron chi connectivity index (χ2n) is 7.11. The summed E-state index contributed by atoms with van der Waals surface area (Å²) in [6, 6.07) is 3.94. The summed E-state index contributed by atoms with van der Waals surface area (Å²) in [6.07, 6.45) is -4.54. The van der Waals surface area contributed by atoms with Gasteiger partial charge in [-0.15, -0.1) is 0 Å². The maximum atomic E-state index is 12.8. The Kier molecular flexibility index (Phi) is 6.71. The first kappa shape index (κ1) is 22.9. The van der Waals surface area contributed by atoms with Gasteiger partial charge < -0.3 is 9.42 Å². The van der Waals surface area contributed by atoms with Gasteiger partial charge in [0.1, 0.15) is 11.5 Å². The molecular weight excluding hydrogens is 411 g/mol. The highest BCUT2D eigenvalue weighted by atomic mass is 32.2. The van der Waals surface area contributed by atoms with Gasteiger partial charge in [-0.1, -0.05) is 17.3 Å². The minimum absolute atomic E-state index is 0.0362. The molecule has 0 aliphatic rings. The number of hydrogen-bond acceptors (Lipinski definition) is 6. The summed E-state index contributed by atoms with van der Waals surface area (Å²) in [4.78, 5) is 17.7. The zero-order valence-corrected chi connectivity index (χ0v) is 17.2. The fourth-order valence-corrected chi connectivity index (χ4v) is 4.06. The molecule has 0 spiro atoms. The van der Waals surface area contributed by atoms with E-state index in [0.717, 1.165) is 12.1 Å². The minimum atomic E-state index is -4.54. The molecule has 0 aliphatic heterocycles. The van der Waals surface area contributed by atoms with E-state index in [1.165, 1.54) is 17.0 Å². The summed E-state index contributed by atoms with van der Waals surface area (Å²) in [5, 5.41) is 3.55. The van der Waals surface area contributed by atoms with Gasteiger partial charge in [-0.2, -0.15) is 18.2 Å². The number of halogens is 3. The third-order valence-electron chi connectivity index (χ3n) is 4.00. The summed E-state index contributed by atoms with van der Waals surface area (Å²) in [7, 11) is -3.91. The van der Waals surface area contributed by atoms with Gasteiger partial charge in [0.15, 0.2) is 9.84 Å². The van der Waals surface area contributed by atoms with Crippen LogP contribution >= 0.6 is 0 Å². The van der Waals surface area contributed by atoms with Crippen molar-refractivity contribution in [3.05, 3.63) is 35.7 Å². The standard InChI is InChI=1S/C18H22F3N3O4S/c1-11(2)24(12(3)4)16(25)10-29(26,27)9-15-22-17(23-28-15)13-6-5-7-14(8-13)18(19,20)21/h5-8,11-12H,9-10H2,1-4H3. The number of benzene rings is 1. The first-order chi connectivity index (χ1) is 13.3. The molecule has 0 saturated carbocycles. The predicted molar refractivity (Wildman–Crippen MR) is 99.3 cm³/mol. The molecule has 29 heavy (non-hydrogen) atoms. The molecule has 1 heterocycles. The Balaban J connectivity index is 2.16. The lowest BCUT2D eigenvalue weighted by Gasteiger charge is -2.30. The highest BCUT2D eigenvalue weighted by molar-refractivity contribution is 7.91. The fraction of sp³-hybridized carbons (Fsp3) is 0.500.